The molecule has 1 aliphatic heterocycles. The minimum Gasteiger partial charge on any atom is -0.227 e. The molecule has 0 spiro atoms. The van der Waals surface area contributed by atoms with Crippen LogP contribution in [0.1, 0.15) is 32.8 Å². The quantitative estimate of drug-likeness (QED) is 0.485. The minimum absolute atomic E-state index is 0.172. The number of carbonyl (C=O) groups excluding carboxylic acids is 2. The first-order valence-electron chi connectivity index (χ1n) is 7.25. The van der Waals surface area contributed by atoms with E-state index >= 15 is 0 Å². The topological polar surface area (TPSA) is 37.4 Å². The smallest absolute Gasteiger partial charge is 0.227 e. The SMILES string of the molecule is CCC(C)C[N+]1(C)C(=O)N(Cl)C(C)(c2ccccc2)C1=O. The number of rotatable bonds is 4. The van der Waals surface area contributed by atoms with Crippen LogP contribution in [0.15, 0.2) is 30.3 Å². The van der Waals surface area contributed by atoms with Gasteiger partial charge in [0.15, 0.2) is 0 Å². The molecule has 3 unspecified atom stereocenters. The van der Waals surface area contributed by atoms with E-state index in [4.69, 9.17) is 11.8 Å². The van der Waals surface area contributed by atoms with Gasteiger partial charge in [-0.3, -0.25) is 0 Å². The lowest BCUT2D eigenvalue weighted by Gasteiger charge is -2.26. The van der Waals surface area contributed by atoms with Gasteiger partial charge in [0, 0.05) is 17.7 Å². The van der Waals surface area contributed by atoms with Crippen LogP contribution in [0.2, 0.25) is 0 Å². The van der Waals surface area contributed by atoms with Gasteiger partial charge < -0.3 is 0 Å². The van der Waals surface area contributed by atoms with Crippen molar-refractivity contribution in [3.63, 3.8) is 0 Å². The van der Waals surface area contributed by atoms with E-state index in [0.29, 0.717) is 6.54 Å². The van der Waals surface area contributed by atoms with Gasteiger partial charge in [-0.1, -0.05) is 44.2 Å². The molecule has 0 bridgehead atoms. The van der Waals surface area contributed by atoms with Gasteiger partial charge in [-0.05, 0) is 18.9 Å². The first-order chi connectivity index (χ1) is 9.78. The molecule has 1 heterocycles. The third-order valence-electron chi connectivity index (χ3n) is 4.56. The monoisotopic (exact) mass is 309 g/mol. The van der Waals surface area contributed by atoms with Crippen LogP contribution >= 0.6 is 11.8 Å². The average Bonchev–Trinajstić information content (AvgIpc) is 2.63. The van der Waals surface area contributed by atoms with Gasteiger partial charge in [-0.15, -0.1) is 0 Å². The van der Waals surface area contributed by atoms with Gasteiger partial charge in [0.2, 0.25) is 5.54 Å². The summed E-state index contributed by atoms with van der Waals surface area (Å²) < 4.78 is 0.803. The van der Waals surface area contributed by atoms with E-state index in [-0.39, 0.29) is 22.3 Å². The van der Waals surface area contributed by atoms with Crippen LogP contribution in [0.25, 0.3) is 0 Å². The maximum atomic E-state index is 13.0. The van der Waals surface area contributed by atoms with Crippen LogP contribution < -0.4 is 0 Å². The number of halogens is 1. The molecule has 5 heteroatoms. The lowest BCUT2D eigenvalue weighted by atomic mass is 9.91. The molecule has 3 amide bonds. The maximum Gasteiger partial charge on any atom is 0.442 e. The zero-order valence-electron chi connectivity index (χ0n) is 13.0. The summed E-state index contributed by atoms with van der Waals surface area (Å²) in [5, 5.41) is 0. The lowest BCUT2D eigenvalue weighted by Crippen LogP contribution is -2.53. The Balaban J connectivity index is 2.48. The van der Waals surface area contributed by atoms with Crippen molar-refractivity contribution in [2.24, 2.45) is 5.92 Å². The number of carbonyl (C=O) groups is 2. The van der Waals surface area contributed by atoms with Crippen molar-refractivity contribution >= 4 is 23.7 Å². The highest BCUT2D eigenvalue weighted by Gasteiger charge is 2.66. The summed E-state index contributed by atoms with van der Waals surface area (Å²) >= 11 is 6.26. The van der Waals surface area contributed by atoms with Crippen LogP contribution in [0.3, 0.4) is 0 Å². The van der Waals surface area contributed by atoms with E-state index in [1.807, 2.05) is 37.3 Å². The van der Waals surface area contributed by atoms with Crippen molar-refractivity contribution in [1.82, 2.24) is 4.42 Å². The fourth-order valence-corrected chi connectivity index (χ4v) is 3.29. The Bertz CT molecular complexity index is 563. The summed E-state index contributed by atoms with van der Waals surface area (Å²) in [5.74, 6) is 0.0973. The van der Waals surface area contributed by atoms with Crippen molar-refractivity contribution in [2.45, 2.75) is 32.7 Å². The van der Waals surface area contributed by atoms with Crippen molar-refractivity contribution in [2.75, 3.05) is 13.6 Å². The third-order valence-corrected chi connectivity index (χ3v) is 5.04. The molecule has 1 fully saturated rings. The van der Waals surface area contributed by atoms with Crippen molar-refractivity contribution < 1.29 is 14.1 Å². The number of imide groups is 1. The van der Waals surface area contributed by atoms with Crippen molar-refractivity contribution in [3.8, 4) is 0 Å². The molecule has 1 saturated heterocycles. The van der Waals surface area contributed by atoms with Crippen LogP contribution in [-0.2, 0) is 10.3 Å². The largest absolute Gasteiger partial charge is 0.442 e. The molecule has 1 aromatic carbocycles. The maximum absolute atomic E-state index is 13.0. The summed E-state index contributed by atoms with van der Waals surface area (Å²) in [7, 11) is 1.67. The first kappa shape index (κ1) is 16.0. The number of nitrogens with zero attached hydrogens (tertiary/aromatic N) is 2. The second kappa shape index (κ2) is 5.43. The Hall–Kier alpha value is -1.39. The predicted molar refractivity (Wildman–Crippen MR) is 82.4 cm³/mol. The molecule has 0 aromatic heterocycles. The highest BCUT2D eigenvalue weighted by Crippen LogP contribution is 2.42. The number of urea groups is 1. The molecule has 3 atom stereocenters. The molecule has 114 valence electrons. The lowest BCUT2D eigenvalue weighted by molar-refractivity contribution is -0.751. The summed E-state index contributed by atoms with van der Waals surface area (Å²) in [6, 6.07) is 8.88. The highest BCUT2D eigenvalue weighted by molar-refractivity contribution is 6.25. The molecule has 0 radical (unpaired) electrons. The van der Waals surface area contributed by atoms with E-state index in [9.17, 15) is 9.59 Å². The fourth-order valence-electron chi connectivity index (χ4n) is 2.95. The average molecular weight is 310 g/mol. The number of amides is 3. The molecule has 0 N–H and O–H groups in total. The molecular weight excluding hydrogens is 288 g/mol. The van der Waals surface area contributed by atoms with Gasteiger partial charge >= 0.3 is 11.9 Å². The molecule has 21 heavy (non-hydrogen) atoms. The van der Waals surface area contributed by atoms with Gasteiger partial charge in [0.1, 0.15) is 0 Å². The highest BCUT2D eigenvalue weighted by atomic mass is 35.5. The summed E-state index contributed by atoms with van der Waals surface area (Å²) in [4.78, 5) is 25.7. The van der Waals surface area contributed by atoms with Crippen molar-refractivity contribution in [3.05, 3.63) is 35.9 Å². The third kappa shape index (κ3) is 2.27. The van der Waals surface area contributed by atoms with Crippen LogP contribution in [0.5, 0.6) is 0 Å². The Morgan fingerprint density at radius 2 is 1.86 bits per heavy atom. The molecule has 1 aromatic rings. The number of benzene rings is 1. The Kier molecular flexibility index (Phi) is 4.13. The Morgan fingerprint density at radius 1 is 1.29 bits per heavy atom. The van der Waals surface area contributed by atoms with Gasteiger partial charge in [0.25, 0.3) is 0 Å². The molecule has 0 aliphatic carbocycles. The number of hydrogen-bond donors (Lipinski definition) is 0. The molecular formula is C16H22ClN2O2+. The number of quaternary nitrogens is 1. The van der Waals surface area contributed by atoms with Crippen LogP contribution in [-0.4, -0.2) is 34.4 Å². The Morgan fingerprint density at radius 3 is 2.38 bits per heavy atom. The molecule has 2 rings (SSSR count). The summed E-state index contributed by atoms with van der Waals surface area (Å²) in [6.45, 7) is 6.28. The molecule has 1 aliphatic rings. The summed E-state index contributed by atoms with van der Waals surface area (Å²) in [5.41, 5.74) is -0.383. The van der Waals surface area contributed by atoms with E-state index in [1.165, 1.54) is 0 Å². The number of likely N-dealkylation sites (N-methyl/N-ethyl adjacent to an activating group) is 1. The van der Waals surface area contributed by atoms with Gasteiger partial charge in [0.05, 0.1) is 13.6 Å². The standard InChI is InChI=1S/C16H22ClN2O2/c1-5-12(2)11-19(4)14(20)16(3,18(17)15(19)21)13-9-7-6-8-10-13/h6-10,12H,5,11H2,1-4H3/q+1. The van der Waals surface area contributed by atoms with E-state index in [1.54, 1.807) is 14.0 Å². The zero-order chi connectivity index (χ0) is 15.8. The molecule has 0 saturated carbocycles. The second-order valence-electron chi connectivity index (χ2n) is 6.19. The summed E-state index contributed by atoms with van der Waals surface area (Å²) in [6.07, 6.45) is 0.915. The predicted octanol–water partition coefficient (Wildman–Crippen LogP) is 3.51. The normalized spacial score (nSPS) is 30.8. The first-order valence-corrected chi connectivity index (χ1v) is 7.58. The van der Waals surface area contributed by atoms with Gasteiger partial charge in [-0.2, -0.15) is 8.90 Å². The van der Waals surface area contributed by atoms with Gasteiger partial charge in [-0.25, -0.2) is 9.59 Å². The molecule has 4 nitrogen and oxygen atoms in total. The second-order valence-corrected chi connectivity index (χ2v) is 6.53. The van der Waals surface area contributed by atoms with E-state index < -0.39 is 5.54 Å². The van der Waals surface area contributed by atoms with E-state index in [0.717, 1.165) is 16.4 Å². The van der Waals surface area contributed by atoms with Crippen molar-refractivity contribution in [1.29, 1.82) is 0 Å². The van der Waals surface area contributed by atoms with Crippen LogP contribution in [0, 0.1) is 5.92 Å². The number of hydrogen-bond acceptors (Lipinski definition) is 2. The van der Waals surface area contributed by atoms with Crippen LogP contribution in [0.4, 0.5) is 4.79 Å². The zero-order valence-corrected chi connectivity index (χ0v) is 13.7. The Labute approximate surface area is 131 Å². The van der Waals surface area contributed by atoms with E-state index in [2.05, 4.69) is 6.92 Å². The fraction of sp³-hybridized carbons (Fsp3) is 0.500. The minimum atomic E-state index is -1.12.